The van der Waals surface area contributed by atoms with Crippen LogP contribution in [0.2, 0.25) is 0 Å². The van der Waals surface area contributed by atoms with Crippen molar-refractivity contribution in [2.24, 2.45) is 0 Å². The second-order valence-corrected chi connectivity index (χ2v) is 8.60. The number of amides is 1. The average molecular weight is 419 g/mol. The molecular formula is C23H22N4O2S. The van der Waals surface area contributed by atoms with Crippen LogP contribution < -0.4 is 5.56 Å². The number of carbonyl (C=O) groups excluding carboxylic acids is 1. The first-order valence-corrected chi connectivity index (χ1v) is 11.0. The molecule has 0 radical (unpaired) electrons. The van der Waals surface area contributed by atoms with Gasteiger partial charge in [-0.3, -0.25) is 9.59 Å². The highest BCUT2D eigenvalue weighted by Gasteiger charge is 2.26. The minimum atomic E-state index is -0.119. The molecule has 1 N–H and O–H groups in total. The number of aromatic amines is 1. The molecule has 1 unspecified atom stereocenters. The SMILES string of the molecule is O=C(Cc1c[nH]c2ccccc12)N1CCCC(n2nc(-c3cccs3)ccc2=O)C1. The van der Waals surface area contributed by atoms with E-state index in [0.29, 0.717) is 13.0 Å². The number of fused-ring (bicyclic) bond motifs is 1. The molecular weight excluding hydrogens is 396 g/mol. The predicted octanol–water partition coefficient (Wildman–Crippen LogP) is 3.86. The summed E-state index contributed by atoms with van der Waals surface area (Å²) < 4.78 is 1.57. The number of H-pyrrole nitrogens is 1. The maximum atomic E-state index is 13.0. The van der Waals surface area contributed by atoms with Crippen molar-refractivity contribution in [1.82, 2.24) is 19.7 Å². The molecule has 1 saturated heterocycles. The maximum absolute atomic E-state index is 13.0. The van der Waals surface area contributed by atoms with Gasteiger partial charge < -0.3 is 9.88 Å². The lowest BCUT2D eigenvalue weighted by atomic mass is 10.0. The van der Waals surface area contributed by atoms with Crippen molar-refractivity contribution in [3.05, 3.63) is 76.0 Å². The van der Waals surface area contributed by atoms with E-state index in [4.69, 9.17) is 0 Å². The zero-order valence-corrected chi connectivity index (χ0v) is 17.3. The molecule has 152 valence electrons. The third-order valence-electron chi connectivity index (χ3n) is 5.71. The molecule has 1 amide bonds. The molecule has 0 aliphatic carbocycles. The highest BCUT2D eigenvalue weighted by Crippen LogP contribution is 2.25. The number of para-hydroxylation sites is 1. The van der Waals surface area contributed by atoms with Crippen molar-refractivity contribution < 1.29 is 4.79 Å². The molecule has 4 heterocycles. The Morgan fingerprint density at radius 2 is 2.07 bits per heavy atom. The van der Waals surface area contributed by atoms with Crippen LogP contribution in [0.25, 0.3) is 21.5 Å². The predicted molar refractivity (Wildman–Crippen MR) is 119 cm³/mol. The number of hydrogen-bond donors (Lipinski definition) is 1. The van der Waals surface area contributed by atoms with E-state index < -0.39 is 0 Å². The van der Waals surface area contributed by atoms with E-state index in [1.165, 1.54) is 0 Å². The number of nitrogens with one attached hydrogen (secondary N) is 1. The Hall–Kier alpha value is -3.19. The highest BCUT2D eigenvalue weighted by atomic mass is 32.1. The van der Waals surface area contributed by atoms with E-state index in [1.54, 1.807) is 28.2 Å². The minimum Gasteiger partial charge on any atom is -0.361 e. The molecule has 6 nitrogen and oxygen atoms in total. The van der Waals surface area contributed by atoms with Gasteiger partial charge in [-0.25, -0.2) is 4.68 Å². The van der Waals surface area contributed by atoms with Crippen LogP contribution in [0.3, 0.4) is 0 Å². The van der Waals surface area contributed by atoms with E-state index in [1.807, 2.05) is 52.9 Å². The second kappa shape index (κ2) is 7.91. The van der Waals surface area contributed by atoms with Crippen LogP contribution in [0.15, 0.2) is 64.9 Å². The van der Waals surface area contributed by atoms with Crippen LogP contribution in [-0.4, -0.2) is 38.7 Å². The molecule has 0 spiro atoms. The zero-order chi connectivity index (χ0) is 20.5. The quantitative estimate of drug-likeness (QED) is 0.547. The van der Waals surface area contributed by atoms with Gasteiger partial charge >= 0.3 is 0 Å². The Labute approximate surface area is 177 Å². The van der Waals surface area contributed by atoms with E-state index in [2.05, 4.69) is 10.1 Å². The summed E-state index contributed by atoms with van der Waals surface area (Å²) in [4.78, 5) is 31.7. The fourth-order valence-electron chi connectivity index (χ4n) is 4.18. The van der Waals surface area contributed by atoms with Gasteiger partial charge in [0.25, 0.3) is 5.56 Å². The van der Waals surface area contributed by atoms with Crippen LogP contribution in [0, 0.1) is 0 Å². The number of likely N-dealkylation sites (tertiary alicyclic amines) is 1. The van der Waals surface area contributed by atoms with Gasteiger partial charge in [-0.1, -0.05) is 24.3 Å². The number of piperidine rings is 1. The summed E-state index contributed by atoms with van der Waals surface area (Å²) in [6.45, 7) is 1.24. The maximum Gasteiger partial charge on any atom is 0.267 e. The van der Waals surface area contributed by atoms with Crippen molar-refractivity contribution in [3.63, 3.8) is 0 Å². The number of carbonyl (C=O) groups is 1. The van der Waals surface area contributed by atoms with Gasteiger partial charge in [0, 0.05) is 36.3 Å². The van der Waals surface area contributed by atoms with Crippen molar-refractivity contribution in [1.29, 1.82) is 0 Å². The fourth-order valence-corrected chi connectivity index (χ4v) is 4.87. The Balaban J connectivity index is 1.35. The fraction of sp³-hybridized carbons (Fsp3) is 0.261. The summed E-state index contributed by atoms with van der Waals surface area (Å²) in [6, 6.07) is 15.2. The largest absolute Gasteiger partial charge is 0.361 e. The number of hydrogen-bond acceptors (Lipinski definition) is 4. The van der Waals surface area contributed by atoms with Crippen LogP contribution in [0.4, 0.5) is 0 Å². The smallest absolute Gasteiger partial charge is 0.267 e. The van der Waals surface area contributed by atoms with Crippen LogP contribution >= 0.6 is 11.3 Å². The summed E-state index contributed by atoms with van der Waals surface area (Å²) >= 11 is 1.60. The van der Waals surface area contributed by atoms with Crippen molar-refractivity contribution >= 4 is 28.1 Å². The summed E-state index contributed by atoms with van der Waals surface area (Å²) in [6.07, 6.45) is 3.98. The van der Waals surface area contributed by atoms with E-state index in [9.17, 15) is 9.59 Å². The van der Waals surface area contributed by atoms with Crippen molar-refractivity contribution in [2.45, 2.75) is 25.3 Å². The van der Waals surface area contributed by atoms with E-state index in [-0.39, 0.29) is 17.5 Å². The van der Waals surface area contributed by atoms with Gasteiger partial charge in [0.15, 0.2) is 0 Å². The lowest BCUT2D eigenvalue weighted by molar-refractivity contribution is -0.132. The second-order valence-electron chi connectivity index (χ2n) is 7.65. The number of benzene rings is 1. The van der Waals surface area contributed by atoms with E-state index >= 15 is 0 Å². The van der Waals surface area contributed by atoms with Gasteiger partial charge in [-0.05, 0) is 42.0 Å². The molecule has 0 saturated carbocycles. The molecule has 1 fully saturated rings. The van der Waals surface area contributed by atoms with Crippen molar-refractivity contribution in [3.8, 4) is 10.6 Å². The summed E-state index contributed by atoms with van der Waals surface area (Å²) in [7, 11) is 0. The summed E-state index contributed by atoms with van der Waals surface area (Å²) in [5.41, 5.74) is 2.73. The first-order valence-electron chi connectivity index (χ1n) is 10.2. The third-order valence-corrected chi connectivity index (χ3v) is 6.60. The summed E-state index contributed by atoms with van der Waals surface area (Å²) in [5, 5.41) is 7.70. The van der Waals surface area contributed by atoms with Crippen LogP contribution in [0.1, 0.15) is 24.4 Å². The number of rotatable bonds is 4. The summed E-state index contributed by atoms with van der Waals surface area (Å²) in [5.74, 6) is 0.0897. The molecule has 7 heteroatoms. The molecule has 1 aliphatic rings. The molecule has 1 aromatic carbocycles. The lowest BCUT2D eigenvalue weighted by Gasteiger charge is -2.33. The normalized spacial score (nSPS) is 16.8. The van der Waals surface area contributed by atoms with Gasteiger partial charge in [0.1, 0.15) is 5.69 Å². The van der Waals surface area contributed by atoms with Gasteiger partial charge in [0.05, 0.1) is 17.3 Å². The average Bonchev–Trinajstić information content (AvgIpc) is 3.45. The van der Waals surface area contributed by atoms with Gasteiger partial charge in [-0.15, -0.1) is 11.3 Å². The zero-order valence-electron chi connectivity index (χ0n) is 16.5. The molecule has 5 rings (SSSR count). The number of thiophene rings is 1. The van der Waals surface area contributed by atoms with Crippen molar-refractivity contribution in [2.75, 3.05) is 13.1 Å². The molecule has 0 bridgehead atoms. The standard InChI is InChI=1S/C23H22N4O2S/c28-22-10-9-20(21-8-4-12-30-21)25-27(22)17-5-3-11-26(15-17)23(29)13-16-14-24-19-7-2-1-6-18(16)19/h1-2,4,6-10,12,14,17,24H,3,5,11,13,15H2. The Morgan fingerprint density at radius 1 is 1.17 bits per heavy atom. The topological polar surface area (TPSA) is 71.0 Å². The first kappa shape index (κ1) is 18.8. The van der Waals surface area contributed by atoms with Gasteiger partial charge in [0.2, 0.25) is 5.91 Å². The molecule has 3 aromatic heterocycles. The lowest BCUT2D eigenvalue weighted by Crippen LogP contribution is -2.44. The molecule has 1 atom stereocenters. The highest BCUT2D eigenvalue weighted by molar-refractivity contribution is 7.13. The Kier molecular flexibility index (Phi) is 4.96. The minimum absolute atomic E-state index is 0.0897. The Bertz CT molecular complexity index is 1240. The molecule has 4 aromatic rings. The molecule has 1 aliphatic heterocycles. The van der Waals surface area contributed by atoms with Crippen LogP contribution in [0.5, 0.6) is 0 Å². The number of nitrogens with zero attached hydrogens (tertiary/aromatic N) is 3. The molecule has 30 heavy (non-hydrogen) atoms. The van der Waals surface area contributed by atoms with Crippen LogP contribution in [-0.2, 0) is 11.2 Å². The monoisotopic (exact) mass is 418 g/mol. The third kappa shape index (κ3) is 3.57. The van der Waals surface area contributed by atoms with Gasteiger partial charge in [-0.2, -0.15) is 5.10 Å². The number of aromatic nitrogens is 3. The van der Waals surface area contributed by atoms with E-state index in [0.717, 1.165) is 46.4 Å². The first-order chi connectivity index (χ1) is 14.7. The Morgan fingerprint density at radius 3 is 2.93 bits per heavy atom.